The van der Waals surface area contributed by atoms with Crippen LogP contribution in [0.3, 0.4) is 0 Å². The largest absolute Gasteiger partial charge is 0.354 e. The Morgan fingerprint density at radius 2 is 2.00 bits per heavy atom. The minimum absolute atomic E-state index is 0.110. The average Bonchev–Trinajstić information content (AvgIpc) is 2.26. The van der Waals surface area contributed by atoms with Crippen LogP contribution >= 0.6 is 0 Å². The van der Waals surface area contributed by atoms with E-state index < -0.39 is 0 Å². The van der Waals surface area contributed by atoms with Gasteiger partial charge in [0.2, 0.25) is 5.91 Å². The number of carbonyl (C=O) groups excluding carboxylic acids is 2. The molecule has 0 radical (unpaired) electrons. The lowest BCUT2D eigenvalue weighted by Crippen LogP contribution is -2.38. The average molecular weight is 240 g/mol. The van der Waals surface area contributed by atoms with Crippen molar-refractivity contribution in [1.29, 1.82) is 0 Å². The second-order valence-corrected chi connectivity index (χ2v) is 5.22. The van der Waals surface area contributed by atoms with E-state index >= 15 is 0 Å². The van der Waals surface area contributed by atoms with Crippen LogP contribution in [0.5, 0.6) is 0 Å². The fourth-order valence-electron chi connectivity index (χ4n) is 2.22. The highest BCUT2D eigenvalue weighted by Crippen LogP contribution is 2.19. The molecule has 17 heavy (non-hydrogen) atoms. The highest BCUT2D eigenvalue weighted by atomic mass is 16.1. The monoisotopic (exact) mass is 240 g/mol. The Morgan fingerprint density at radius 1 is 1.41 bits per heavy atom. The van der Waals surface area contributed by atoms with Gasteiger partial charge in [-0.05, 0) is 33.7 Å². The third kappa shape index (κ3) is 5.31. The fourth-order valence-corrected chi connectivity index (χ4v) is 2.22. The molecule has 1 fully saturated rings. The third-order valence-corrected chi connectivity index (χ3v) is 3.28. The van der Waals surface area contributed by atoms with Crippen molar-refractivity contribution in [3.63, 3.8) is 0 Å². The van der Waals surface area contributed by atoms with Crippen molar-refractivity contribution >= 4 is 11.7 Å². The Balaban J connectivity index is 2.22. The molecule has 1 saturated carbocycles. The molecule has 1 rings (SSSR count). The van der Waals surface area contributed by atoms with Crippen molar-refractivity contribution in [2.75, 3.05) is 13.6 Å². The van der Waals surface area contributed by atoms with Gasteiger partial charge < -0.3 is 10.2 Å². The number of nitrogens with zero attached hydrogens (tertiary/aromatic N) is 1. The first-order valence-corrected chi connectivity index (χ1v) is 6.50. The van der Waals surface area contributed by atoms with Crippen LogP contribution in [0.2, 0.25) is 0 Å². The number of amides is 1. The van der Waals surface area contributed by atoms with E-state index in [0.29, 0.717) is 31.1 Å². The number of ketones is 1. The number of rotatable bonds is 5. The van der Waals surface area contributed by atoms with Crippen molar-refractivity contribution in [3.05, 3.63) is 0 Å². The summed E-state index contributed by atoms with van der Waals surface area (Å²) in [5, 5.41) is 2.89. The van der Waals surface area contributed by atoms with E-state index in [4.69, 9.17) is 0 Å². The first-order valence-electron chi connectivity index (χ1n) is 6.50. The van der Waals surface area contributed by atoms with E-state index in [0.717, 1.165) is 19.4 Å². The van der Waals surface area contributed by atoms with Gasteiger partial charge in [-0.3, -0.25) is 9.59 Å². The molecular formula is C13H24N2O2. The van der Waals surface area contributed by atoms with Gasteiger partial charge in [0.25, 0.3) is 0 Å². The van der Waals surface area contributed by atoms with E-state index in [1.807, 2.05) is 20.9 Å². The van der Waals surface area contributed by atoms with Gasteiger partial charge in [0, 0.05) is 37.9 Å². The van der Waals surface area contributed by atoms with Gasteiger partial charge in [-0.1, -0.05) is 0 Å². The summed E-state index contributed by atoms with van der Waals surface area (Å²) >= 11 is 0. The summed E-state index contributed by atoms with van der Waals surface area (Å²) in [4.78, 5) is 24.9. The molecule has 1 N–H and O–H groups in total. The molecule has 0 aromatic rings. The summed E-state index contributed by atoms with van der Waals surface area (Å²) in [6.45, 7) is 4.71. The predicted molar refractivity (Wildman–Crippen MR) is 67.8 cm³/mol. The zero-order valence-corrected chi connectivity index (χ0v) is 11.2. The first-order chi connectivity index (χ1) is 7.99. The number of nitrogens with one attached hydrogen (secondary N) is 1. The standard InChI is InChI=1S/C13H24N2O2/c1-10(2)14-13(17)8-9-15(3)11-4-6-12(16)7-5-11/h10-11H,4-9H2,1-3H3,(H,14,17). The molecular weight excluding hydrogens is 216 g/mol. The molecule has 98 valence electrons. The summed E-state index contributed by atoms with van der Waals surface area (Å²) in [5.74, 6) is 0.492. The van der Waals surface area contributed by atoms with Gasteiger partial charge in [0.05, 0.1) is 0 Å². The summed E-state index contributed by atoms with van der Waals surface area (Å²) < 4.78 is 0. The molecule has 0 bridgehead atoms. The van der Waals surface area contributed by atoms with E-state index in [2.05, 4.69) is 10.2 Å². The van der Waals surface area contributed by atoms with Gasteiger partial charge in [-0.25, -0.2) is 0 Å². The number of hydrogen-bond donors (Lipinski definition) is 1. The molecule has 0 heterocycles. The summed E-state index contributed by atoms with van der Waals surface area (Å²) in [6, 6.07) is 0.680. The Bertz CT molecular complexity index is 267. The smallest absolute Gasteiger partial charge is 0.221 e. The molecule has 1 amide bonds. The molecule has 4 heteroatoms. The minimum atomic E-state index is 0.110. The van der Waals surface area contributed by atoms with Crippen molar-refractivity contribution < 1.29 is 9.59 Å². The molecule has 4 nitrogen and oxygen atoms in total. The summed E-state index contributed by atoms with van der Waals surface area (Å²) in [5.41, 5.74) is 0. The molecule has 0 saturated heterocycles. The van der Waals surface area contributed by atoms with E-state index in [1.54, 1.807) is 0 Å². The first kappa shape index (κ1) is 14.2. The van der Waals surface area contributed by atoms with Crippen LogP contribution < -0.4 is 5.32 Å². The summed E-state index contributed by atoms with van der Waals surface area (Å²) in [7, 11) is 2.04. The van der Waals surface area contributed by atoms with Gasteiger partial charge in [0.15, 0.2) is 0 Å². The van der Waals surface area contributed by atoms with Gasteiger partial charge >= 0.3 is 0 Å². The number of hydrogen-bond acceptors (Lipinski definition) is 3. The van der Waals surface area contributed by atoms with Crippen LogP contribution in [0.25, 0.3) is 0 Å². The topological polar surface area (TPSA) is 49.4 Å². The minimum Gasteiger partial charge on any atom is -0.354 e. The highest BCUT2D eigenvalue weighted by Gasteiger charge is 2.22. The molecule has 1 aliphatic rings. The van der Waals surface area contributed by atoms with Crippen LogP contribution in [0.4, 0.5) is 0 Å². The van der Waals surface area contributed by atoms with Crippen molar-refractivity contribution in [2.45, 2.75) is 58.0 Å². The third-order valence-electron chi connectivity index (χ3n) is 3.28. The Morgan fingerprint density at radius 3 is 2.53 bits per heavy atom. The van der Waals surface area contributed by atoms with Crippen molar-refractivity contribution in [1.82, 2.24) is 10.2 Å². The maximum absolute atomic E-state index is 11.5. The maximum Gasteiger partial charge on any atom is 0.221 e. The molecule has 1 aliphatic carbocycles. The SMILES string of the molecule is CC(C)NC(=O)CCN(C)C1CCC(=O)CC1. The highest BCUT2D eigenvalue weighted by molar-refractivity contribution is 5.79. The molecule has 0 atom stereocenters. The van der Waals surface area contributed by atoms with Crippen LogP contribution in [0.15, 0.2) is 0 Å². The Kier molecular flexibility index (Phi) is 5.62. The quantitative estimate of drug-likeness (QED) is 0.789. The lowest BCUT2D eigenvalue weighted by atomic mass is 9.93. The van der Waals surface area contributed by atoms with Crippen molar-refractivity contribution in [2.24, 2.45) is 0 Å². The zero-order chi connectivity index (χ0) is 12.8. The Hall–Kier alpha value is -0.900. The number of carbonyl (C=O) groups is 2. The lowest BCUT2D eigenvalue weighted by Gasteiger charge is -2.30. The second kappa shape index (κ2) is 6.74. The molecule has 0 aliphatic heterocycles. The Labute approximate surface area is 104 Å². The number of Topliss-reactive ketones (excluding diaryl/α,β-unsaturated/α-hetero) is 1. The van der Waals surface area contributed by atoms with Gasteiger partial charge in [-0.2, -0.15) is 0 Å². The predicted octanol–water partition coefficient (Wildman–Crippen LogP) is 1.34. The van der Waals surface area contributed by atoms with Crippen LogP contribution in [0.1, 0.15) is 46.0 Å². The fraction of sp³-hybridized carbons (Fsp3) is 0.846. The zero-order valence-electron chi connectivity index (χ0n) is 11.2. The van der Waals surface area contributed by atoms with Crippen LogP contribution in [-0.4, -0.2) is 42.3 Å². The normalized spacial score (nSPS) is 17.8. The van der Waals surface area contributed by atoms with Crippen molar-refractivity contribution in [3.8, 4) is 0 Å². The lowest BCUT2D eigenvalue weighted by molar-refractivity contribution is -0.123. The van der Waals surface area contributed by atoms with Crippen LogP contribution in [0, 0.1) is 0 Å². The second-order valence-electron chi connectivity index (χ2n) is 5.22. The van der Waals surface area contributed by atoms with Gasteiger partial charge in [-0.15, -0.1) is 0 Å². The van der Waals surface area contributed by atoms with Crippen LogP contribution in [-0.2, 0) is 9.59 Å². The van der Waals surface area contributed by atoms with Gasteiger partial charge in [0.1, 0.15) is 5.78 Å². The molecule has 0 unspecified atom stereocenters. The van der Waals surface area contributed by atoms with E-state index in [-0.39, 0.29) is 11.9 Å². The molecule has 0 aromatic heterocycles. The molecule has 0 aromatic carbocycles. The summed E-state index contributed by atoms with van der Waals surface area (Å²) in [6.07, 6.45) is 3.84. The van der Waals surface area contributed by atoms with E-state index in [1.165, 1.54) is 0 Å². The molecule has 0 spiro atoms. The van der Waals surface area contributed by atoms with E-state index in [9.17, 15) is 9.59 Å². The maximum atomic E-state index is 11.5.